The number of rotatable bonds is 2. The Morgan fingerprint density at radius 3 is 2.57 bits per heavy atom. The summed E-state index contributed by atoms with van der Waals surface area (Å²) in [5, 5.41) is 10.9. The van der Waals surface area contributed by atoms with E-state index in [2.05, 4.69) is 25.8 Å². The summed E-state index contributed by atoms with van der Waals surface area (Å²) in [4.78, 5) is 19.8. The molecule has 6 heteroatoms. The van der Waals surface area contributed by atoms with Crippen molar-refractivity contribution in [3.63, 3.8) is 0 Å². The van der Waals surface area contributed by atoms with Gasteiger partial charge in [0.1, 0.15) is 5.82 Å². The lowest BCUT2D eigenvalue weighted by Crippen LogP contribution is -2.48. The molecule has 0 bridgehead atoms. The SMILES string of the molecule is CN(C)C(=O)c1cnc(N2CCC(C(C)(C)C)C(O)C2)c(Cl)c1. The number of carbonyl (C=O) groups is 1. The molecule has 5 nitrogen and oxygen atoms in total. The van der Waals surface area contributed by atoms with Gasteiger partial charge in [-0.3, -0.25) is 4.79 Å². The molecule has 1 saturated heterocycles. The van der Waals surface area contributed by atoms with Crippen LogP contribution in [0.3, 0.4) is 0 Å². The van der Waals surface area contributed by atoms with E-state index in [1.54, 1.807) is 26.4 Å². The molecule has 23 heavy (non-hydrogen) atoms. The van der Waals surface area contributed by atoms with E-state index in [9.17, 15) is 9.90 Å². The Morgan fingerprint density at radius 1 is 1.43 bits per heavy atom. The summed E-state index contributed by atoms with van der Waals surface area (Å²) in [5.74, 6) is 0.762. The number of carbonyl (C=O) groups excluding carboxylic acids is 1. The Hall–Kier alpha value is -1.33. The van der Waals surface area contributed by atoms with Crippen LogP contribution in [-0.4, -0.2) is 54.2 Å². The normalized spacial score (nSPS) is 22.1. The highest BCUT2D eigenvalue weighted by molar-refractivity contribution is 6.33. The fourth-order valence-corrected chi connectivity index (χ4v) is 3.46. The quantitative estimate of drug-likeness (QED) is 0.900. The number of aliphatic hydroxyl groups is 1. The maximum Gasteiger partial charge on any atom is 0.254 e. The number of halogens is 1. The van der Waals surface area contributed by atoms with Gasteiger partial charge in [-0.2, -0.15) is 0 Å². The molecule has 1 N–H and O–H groups in total. The molecule has 0 aromatic carbocycles. The minimum absolute atomic E-state index is 0.0741. The molecular formula is C17H26ClN3O2. The maximum absolute atomic E-state index is 12.0. The standard InChI is InChI=1S/C17H26ClN3O2/c1-17(2,3)12-6-7-21(10-14(12)22)15-13(18)8-11(9-19-15)16(23)20(4)5/h8-9,12,14,22H,6-7,10H2,1-5H3. The highest BCUT2D eigenvalue weighted by Gasteiger charge is 2.36. The fraction of sp³-hybridized carbons (Fsp3) is 0.647. The van der Waals surface area contributed by atoms with Crippen molar-refractivity contribution >= 4 is 23.3 Å². The molecule has 1 fully saturated rings. The molecule has 1 aliphatic rings. The number of piperidine rings is 1. The summed E-state index contributed by atoms with van der Waals surface area (Å²) in [6.45, 7) is 7.78. The molecular weight excluding hydrogens is 314 g/mol. The Kier molecular flexibility index (Phi) is 5.21. The molecule has 0 aliphatic carbocycles. The van der Waals surface area contributed by atoms with Crippen molar-refractivity contribution in [3.8, 4) is 0 Å². The second-order valence-electron chi connectivity index (χ2n) is 7.50. The van der Waals surface area contributed by atoms with Crippen LogP contribution >= 0.6 is 11.6 Å². The van der Waals surface area contributed by atoms with E-state index in [1.165, 1.54) is 4.90 Å². The van der Waals surface area contributed by atoms with E-state index in [-0.39, 0.29) is 17.2 Å². The maximum atomic E-state index is 12.0. The molecule has 1 aromatic heterocycles. The van der Waals surface area contributed by atoms with Gasteiger partial charge in [-0.15, -0.1) is 0 Å². The highest BCUT2D eigenvalue weighted by atomic mass is 35.5. The predicted octanol–water partition coefficient (Wildman–Crippen LogP) is 2.67. The third-order valence-corrected chi connectivity index (χ3v) is 4.75. The molecule has 2 atom stereocenters. The van der Waals surface area contributed by atoms with Crippen LogP contribution in [0.2, 0.25) is 5.02 Å². The molecule has 0 saturated carbocycles. The molecule has 0 spiro atoms. The van der Waals surface area contributed by atoms with Crippen LogP contribution in [0.15, 0.2) is 12.3 Å². The van der Waals surface area contributed by atoms with Crippen LogP contribution in [0, 0.1) is 11.3 Å². The van der Waals surface area contributed by atoms with E-state index in [4.69, 9.17) is 11.6 Å². The largest absolute Gasteiger partial charge is 0.391 e. The van der Waals surface area contributed by atoms with Gasteiger partial charge in [0.15, 0.2) is 0 Å². The number of β-amino-alcohol motifs (C(OH)–C–C–N with tert-alkyl or cyclic N) is 1. The summed E-state index contributed by atoms with van der Waals surface area (Å²) in [6.07, 6.45) is 2.03. The second-order valence-corrected chi connectivity index (χ2v) is 7.91. The van der Waals surface area contributed by atoms with Gasteiger partial charge >= 0.3 is 0 Å². The first-order valence-corrected chi connectivity index (χ1v) is 8.29. The first kappa shape index (κ1) is 18.0. The van der Waals surface area contributed by atoms with Gasteiger partial charge in [0.05, 0.1) is 16.7 Å². The smallest absolute Gasteiger partial charge is 0.254 e. The third-order valence-electron chi connectivity index (χ3n) is 4.47. The minimum Gasteiger partial charge on any atom is -0.391 e. The first-order valence-electron chi connectivity index (χ1n) is 7.91. The number of aliphatic hydroxyl groups excluding tert-OH is 1. The van der Waals surface area contributed by atoms with Gasteiger partial charge in [-0.1, -0.05) is 32.4 Å². The molecule has 2 rings (SSSR count). The van der Waals surface area contributed by atoms with E-state index in [0.29, 0.717) is 22.9 Å². The van der Waals surface area contributed by atoms with Crippen LogP contribution < -0.4 is 4.90 Å². The summed E-state index contributed by atoms with van der Waals surface area (Å²) >= 11 is 6.33. The number of hydrogen-bond acceptors (Lipinski definition) is 4. The lowest BCUT2D eigenvalue weighted by molar-refractivity contribution is 0.0292. The van der Waals surface area contributed by atoms with E-state index < -0.39 is 6.10 Å². The third kappa shape index (κ3) is 3.96. The predicted molar refractivity (Wildman–Crippen MR) is 93.0 cm³/mol. The lowest BCUT2D eigenvalue weighted by Gasteiger charge is -2.42. The van der Waals surface area contributed by atoms with Gasteiger partial charge in [-0.05, 0) is 23.8 Å². The summed E-state index contributed by atoms with van der Waals surface area (Å²) in [7, 11) is 3.38. The van der Waals surface area contributed by atoms with Crippen molar-refractivity contribution in [2.75, 3.05) is 32.1 Å². The average molecular weight is 340 g/mol. The van der Waals surface area contributed by atoms with Crippen molar-refractivity contribution in [2.24, 2.45) is 11.3 Å². The highest BCUT2D eigenvalue weighted by Crippen LogP contribution is 2.36. The van der Waals surface area contributed by atoms with Crippen molar-refractivity contribution in [1.82, 2.24) is 9.88 Å². The Morgan fingerprint density at radius 2 is 2.09 bits per heavy atom. The van der Waals surface area contributed by atoms with Crippen LogP contribution in [0.4, 0.5) is 5.82 Å². The van der Waals surface area contributed by atoms with Crippen LogP contribution in [0.1, 0.15) is 37.6 Å². The van der Waals surface area contributed by atoms with E-state index in [1.807, 2.05) is 4.90 Å². The summed E-state index contributed by atoms with van der Waals surface area (Å²) in [6, 6.07) is 1.65. The van der Waals surface area contributed by atoms with Crippen molar-refractivity contribution in [2.45, 2.75) is 33.3 Å². The van der Waals surface area contributed by atoms with E-state index in [0.717, 1.165) is 13.0 Å². The second kappa shape index (κ2) is 6.65. The Balaban J connectivity index is 2.16. The zero-order valence-electron chi connectivity index (χ0n) is 14.5. The monoisotopic (exact) mass is 339 g/mol. The van der Waals surface area contributed by atoms with E-state index >= 15 is 0 Å². The van der Waals surface area contributed by atoms with Gasteiger partial charge in [-0.25, -0.2) is 4.98 Å². The first-order chi connectivity index (χ1) is 10.6. The van der Waals surface area contributed by atoms with Crippen molar-refractivity contribution < 1.29 is 9.90 Å². The summed E-state index contributed by atoms with van der Waals surface area (Å²) in [5.41, 5.74) is 0.541. The molecule has 2 unspecified atom stereocenters. The molecule has 1 aromatic rings. The van der Waals surface area contributed by atoms with Crippen molar-refractivity contribution in [1.29, 1.82) is 0 Å². The zero-order chi connectivity index (χ0) is 17.4. The van der Waals surface area contributed by atoms with Crippen LogP contribution in [-0.2, 0) is 0 Å². The minimum atomic E-state index is -0.412. The van der Waals surface area contributed by atoms with Gasteiger partial charge < -0.3 is 14.9 Å². The topological polar surface area (TPSA) is 56.7 Å². The number of aromatic nitrogens is 1. The molecule has 2 heterocycles. The van der Waals surface area contributed by atoms with Crippen molar-refractivity contribution in [3.05, 3.63) is 22.8 Å². The number of pyridine rings is 1. The molecule has 1 aliphatic heterocycles. The number of amides is 1. The zero-order valence-corrected chi connectivity index (χ0v) is 15.3. The van der Waals surface area contributed by atoms with Crippen LogP contribution in [0.25, 0.3) is 0 Å². The molecule has 0 radical (unpaired) electrons. The Bertz CT molecular complexity index is 584. The van der Waals surface area contributed by atoms with Gasteiger partial charge in [0.2, 0.25) is 0 Å². The fourth-order valence-electron chi connectivity index (χ4n) is 3.17. The number of anilines is 1. The van der Waals surface area contributed by atoms with Crippen LogP contribution in [0.5, 0.6) is 0 Å². The van der Waals surface area contributed by atoms with Gasteiger partial charge in [0.25, 0.3) is 5.91 Å². The molecule has 1 amide bonds. The number of nitrogens with zero attached hydrogens (tertiary/aromatic N) is 3. The molecule has 128 valence electrons. The number of hydrogen-bond donors (Lipinski definition) is 1. The van der Waals surface area contributed by atoms with Gasteiger partial charge in [0, 0.05) is 33.4 Å². The lowest BCUT2D eigenvalue weighted by atomic mass is 9.74. The average Bonchev–Trinajstić information content (AvgIpc) is 2.44. The Labute approximate surface area is 143 Å². The summed E-state index contributed by atoms with van der Waals surface area (Å²) < 4.78 is 0.